The molecule has 118 valence electrons. The Morgan fingerprint density at radius 1 is 0.800 bits per heavy atom. The summed E-state index contributed by atoms with van der Waals surface area (Å²) >= 11 is 0. The van der Waals surface area contributed by atoms with Gasteiger partial charge in [-0.1, -0.05) is 0 Å². The molecule has 20 heavy (non-hydrogen) atoms. The van der Waals surface area contributed by atoms with Crippen LogP contribution in [0.1, 0.15) is 65.7 Å². The molecule has 1 aliphatic heterocycles. The molecule has 5 heteroatoms. The minimum absolute atomic E-state index is 0.220. The number of rotatable bonds is 9. The molecule has 1 rings (SSSR count). The van der Waals surface area contributed by atoms with E-state index < -0.39 is 7.06 Å². The molecule has 4 nitrogen and oxygen atoms in total. The van der Waals surface area contributed by atoms with Crippen molar-refractivity contribution in [3.05, 3.63) is 0 Å². The van der Waals surface area contributed by atoms with E-state index in [9.17, 15) is 9.59 Å². The quantitative estimate of drug-likeness (QED) is 0.472. The van der Waals surface area contributed by atoms with Gasteiger partial charge >= 0.3 is 122 Å². The molecule has 0 aromatic rings. The summed E-state index contributed by atoms with van der Waals surface area (Å²) in [5.41, 5.74) is 0. The minimum atomic E-state index is -3.11. The molecule has 0 aromatic carbocycles. The predicted octanol–water partition coefficient (Wildman–Crippen LogP) is 4.26. The van der Waals surface area contributed by atoms with Crippen LogP contribution in [-0.4, -0.2) is 30.4 Å². The summed E-state index contributed by atoms with van der Waals surface area (Å²) < 4.78 is 11.8. The summed E-state index contributed by atoms with van der Waals surface area (Å²) in [6.07, 6.45) is 7.94. The SMILES string of the molecule is CCCCP1(CCCC)(CCCC)OC(=O)CC(=O)O1. The maximum absolute atomic E-state index is 11.9. The van der Waals surface area contributed by atoms with Crippen LogP contribution >= 0.6 is 7.06 Å². The number of hydrogen-bond acceptors (Lipinski definition) is 4. The van der Waals surface area contributed by atoms with Crippen LogP contribution in [0.5, 0.6) is 0 Å². The Morgan fingerprint density at radius 3 is 1.45 bits per heavy atom. The molecule has 0 aromatic heterocycles. The summed E-state index contributed by atoms with van der Waals surface area (Å²) in [4.78, 5) is 23.8. The third kappa shape index (κ3) is 4.18. The van der Waals surface area contributed by atoms with Gasteiger partial charge in [-0.25, -0.2) is 0 Å². The molecular formula is C15H29O4P. The summed E-state index contributed by atoms with van der Waals surface area (Å²) in [5.74, 6) is -0.746. The first kappa shape index (κ1) is 17.4. The molecule has 0 bridgehead atoms. The van der Waals surface area contributed by atoms with E-state index >= 15 is 0 Å². The van der Waals surface area contributed by atoms with Gasteiger partial charge in [0.15, 0.2) is 0 Å². The number of carbonyl (C=O) groups is 2. The van der Waals surface area contributed by atoms with E-state index in [-0.39, 0.29) is 18.4 Å². The van der Waals surface area contributed by atoms with Crippen molar-refractivity contribution in [3.8, 4) is 0 Å². The van der Waals surface area contributed by atoms with Gasteiger partial charge < -0.3 is 0 Å². The van der Waals surface area contributed by atoms with Gasteiger partial charge in [-0.05, 0) is 0 Å². The van der Waals surface area contributed by atoms with Crippen LogP contribution in [0.4, 0.5) is 0 Å². The zero-order valence-corrected chi connectivity index (χ0v) is 14.0. The fourth-order valence-corrected chi connectivity index (χ4v) is 8.34. The first-order chi connectivity index (χ1) is 9.49. The Labute approximate surface area is 122 Å². The van der Waals surface area contributed by atoms with Gasteiger partial charge in [0.25, 0.3) is 0 Å². The van der Waals surface area contributed by atoms with E-state index in [1.54, 1.807) is 0 Å². The average Bonchev–Trinajstić information content (AvgIpc) is 2.41. The van der Waals surface area contributed by atoms with Crippen molar-refractivity contribution in [1.82, 2.24) is 0 Å². The predicted molar refractivity (Wildman–Crippen MR) is 83.0 cm³/mol. The van der Waals surface area contributed by atoms with Crippen LogP contribution in [0.3, 0.4) is 0 Å². The normalized spacial score (nSPS) is 22.4. The molecule has 0 amide bonds. The second kappa shape index (κ2) is 7.40. The van der Waals surface area contributed by atoms with Crippen molar-refractivity contribution >= 4 is 19.0 Å². The molecular weight excluding hydrogens is 275 g/mol. The third-order valence-electron chi connectivity index (χ3n) is 3.99. The second-order valence-corrected chi connectivity index (χ2v) is 10.6. The topological polar surface area (TPSA) is 52.6 Å². The van der Waals surface area contributed by atoms with Crippen LogP contribution in [0.15, 0.2) is 0 Å². The molecule has 1 saturated heterocycles. The Bertz CT molecular complexity index is 309. The standard InChI is InChI=1S/C15H29O4P/c1-4-7-10-20(11-8-5-2,12-9-6-3)18-14(16)13-15(17)19-20/h4-13H2,1-3H3. The number of carbonyl (C=O) groups excluding carboxylic acids is 2. The van der Waals surface area contributed by atoms with E-state index in [1.165, 1.54) is 0 Å². The summed E-state index contributed by atoms with van der Waals surface area (Å²) in [7, 11) is -3.11. The van der Waals surface area contributed by atoms with Crippen molar-refractivity contribution in [2.24, 2.45) is 0 Å². The van der Waals surface area contributed by atoms with Crippen LogP contribution in [0.2, 0.25) is 0 Å². The van der Waals surface area contributed by atoms with Crippen LogP contribution in [0, 0.1) is 0 Å². The molecule has 0 radical (unpaired) electrons. The van der Waals surface area contributed by atoms with Gasteiger partial charge in [-0.2, -0.15) is 0 Å². The van der Waals surface area contributed by atoms with Crippen LogP contribution in [-0.2, 0) is 18.6 Å². The first-order valence-corrected chi connectivity index (χ1v) is 10.6. The Hall–Kier alpha value is -0.630. The Kier molecular flexibility index (Phi) is 6.44. The van der Waals surface area contributed by atoms with Crippen molar-refractivity contribution in [1.29, 1.82) is 0 Å². The number of hydrogen-bond donors (Lipinski definition) is 0. The van der Waals surface area contributed by atoms with Gasteiger partial charge in [-0.15, -0.1) is 0 Å². The average molecular weight is 304 g/mol. The first-order valence-electron chi connectivity index (χ1n) is 7.96. The van der Waals surface area contributed by atoms with Crippen LogP contribution < -0.4 is 0 Å². The van der Waals surface area contributed by atoms with Gasteiger partial charge in [0.2, 0.25) is 0 Å². The molecule has 1 heterocycles. The Balaban J connectivity index is 3.08. The van der Waals surface area contributed by atoms with Crippen molar-refractivity contribution in [3.63, 3.8) is 0 Å². The molecule has 1 aliphatic rings. The molecule has 0 unspecified atom stereocenters. The summed E-state index contributed by atoms with van der Waals surface area (Å²) in [6.45, 7) is 6.34. The molecule has 0 atom stereocenters. The Morgan fingerprint density at radius 2 is 1.15 bits per heavy atom. The molecule has 0 spiro atoms. The zero-order chi connectivity index (χ0) is 15.1. The van der Waals surface area contributed by atoms with E-state index in [0.29, 0.717) is 0 Å². The van der Waals surface area contributed by atoms with Crippen molar-refractivity contribution in [2.45, 2.75) is 65.7 Å². The van der Waals surface area contributed by atoms with Crippen molar-refractivity contribution < 1.29 is 18.6 Å². The van der Waals surface area contributed by atoms with E-state index in [2.05, 4.69) is 20.8 Å². The van der Waals surface area contributed by atoms with E-state index in [0.717, 1.165) is 57.0 Å². The van der Waals surface area contributed by atoms with E-state index in [4.69, 9.17) is 9.05 Å². The van der Waals surface area contributed by atoms with Gasteiger partial charge in [0.1, 0.15) is 0 Å². The molecule has 0 saturated carbocycles. The van der Waals surface area contributed by atoms with Crippen LogP contribution in [0.25, 0.3) is 0 Å². The maximum atomic E-state index is 11.9. The monoisotopic (exact) mass is 304 g/mol. The van der Waals surface area contributed by atoms with E-state index in [1.807, 2.05) is 0 Å². The molecule has 1 fully saturated rings. The zero-order valence-electron chi connectivity index (χ0n) is 13.2. The third-order valence-corrected chi connectivity index (χ3v) is 9.26. The number of unbranched alkanes of at least 4 members (excludes halogenated alkanes) is 3. The fourth-order valence-electron chi connectivity index (χ4n) is 2.86. The summed E-state index contributed by atoms with van der Waals surface area (Å²) in [5, 5.41) is 0. The van der Waals surface area contributed by atoms with Crippen molar-refractivity contribution in [2.75, 3.05) is 18.5 Å². The summed E-state index contributed by atoms with van der Waals surface area (Å²) in [6, 6.07) is 0. The second-order valence-electron chi connectivity index (χ2n) is 5.85. The van der Waals surface area contributed by atoms with Gasteiger partial charge in [-0.3, -0.25) is 0 Å². The fraction of sp³-hybridized carbons (Fsp3) is 0.867. The molecule has 0 aliphatic carbocycles. The van der Waals surface area contributed by atoms with Gasteiger partial charge in [0, 0.05) is 0 Å². The molecule has 0 N–H and O–H groups in total. The van der Waals surface area contributed by atoms with Gasteiger partial charge in [0.05, 0.1) is 0 Å².